The quantitative estimate of drug-likeness (QED) is 0.763. The Morgan fingerprint density at radius 2 is 1.79 bits per heavy atom. The van der Waals surface area contributed by atoms with Gasteiger partial charge >= 0.3 is 12.3 Å². The highest BCUT2D eigenvalue weighted by Gasteiger charge is 2.21. The van der Waals surface area contributed by atoms with Gasteiger partial charge in [0.25, 0.3) is 5.88 Å². The Kier molecular flexibility index (Phi) is 3.51. The smallest absolute Gasteiger partial charge is 0.437 e. The van der Waals surface area contributed by atoms with Crippen molar-refractivity contribution in [3.8, 4) is 11.6 Å². The molecule has 8 nitrogen and oxygen atoms in total. The lowest BCUT2D eigenvalue weighted by Crippen LogP contribution is -2.11. The van der Waals surface area contributed by atoms with E-state index in [2.05, 4.69) is 14.6 Å². The van der Waals surface area contributed by atoms with Gasteiger partial charge in [-0.15, -0.1) is 5.10 Å². The summed E-state index contributed by atoms with van der Waals surface area (Å²) in [5, 5.41) is 3.95. The predicted octanol–water partition coefficient (Wildman–Crippen LogP) is 1.62. The molecule has 8 heteroatoms. The SMILES string of the molecule is COC(=O)Oc1nn2ccccc2c1OC(=O)OC. The zero-order valence-corrected chi connectivity index (χ0v) is 10.2. The molecule has 19 heavy (non-hydrogen) atoms. The summed E-state index contributed by atoms with van der Waals surface area (Å²) in [6, 6.07) is 5.06. The number of rotatable bonds is 2. The lowest BCUT2D eigenvalue weighted by molar-refractivity contribution is 0.110. The maximum Gasteiger partial charge on any atom is 0.515 e. The standard InChI is InChI=1S/C11H10N2O6/c1-16-10(14)18-8-7-5-3-4-6-13(7)12-9(8)19-11(15)17-2/h3-6H,1-2H3. The average molecular weight is 266 g/mol. The maximum atomic E-state index is 11.2. The van der Waals surface area contributed by atoms with Gasteiger partial charge in [0.15, 0.2) is 0 Å². The summed E-state index contributed by atoms with van der Waals surface area (Å²) in [4.78, 5) is 22.3. The van der Waals surface area contributed by atoms with Crippen LogP contribution in [-0.2, 0) is 9.47 Å². The molecular formula is C11H10N2O6. The molecule has 0 fully saturated rings. The summed E-state index contributed by atoms with van der Waals surface area (Å²) < 4.78 is 19.8. The van der Waals surface area contributed by atoms with Crippen LogP contribution in [0.4, 0.5) is 9.59 Å². The second-order valence-electron chi connectivity index (χ2n) is 3.28. The highest BCUT2D eigenvalue weighted by Crippen LogP contribution is 2.31. The van der Waals surface area contributed by atoms with Crippen molar-refractivity contribution in [2.24, 2.45) is 0 Å². The third-order valence-corrected chi connectivity index (χ3v) is 2.16. The zero-order chi connectivity index (χ0) is 13.8. The van der Waals surface area contributed by atoms with Crippen molar-refractivity contribution in [2.75, 3.05) is 14.2 Å². The fraction of sp³-hybridized carbons (Fsp3) is 0.182. The zero-order valence-electron chi connectivity index (χ0n) is 10.2. The summed E-state index contributed by atoms with van der Waals surface area (Å²) in [5.41, 5.74) is 0.437. The van der Waals surface area contributed by atoms with Crippen LogP contribution in [-0.4, -0.2) is 36.1 Å². The average Bonchev–Trinajstić information content (AvgIpc) is 2.76. The van der Waals surface area contributed by atoms with Gasteiger partial charge in [-0.1, -0.05) is 6.07 Å². The minimum Gasteiger partial charge on any atom is -0.437 e. The van der Waals surface area contributed by atoms with Gasteiger partial charge in [-0.05, 0) is 12.1 Å². The lowest BCUT2D eigenvalue weighted by Gasteiger charge is -2.03. The molecule has 0 unspecified atom stereocenters. The van der Waals surface area contributed by atoms with E-state index >= 15 is 0 Å². The van der Waals surface area contributed by atoms with E-state index in [0.29, 0.717) is 5.52 Å². The van der Waals surface area contributed by atoms with Crippen LogP contribution in [0.2, 0.25) is 0 Å². The van der Waals surface area contributed by atoms with Gasteiger partial charge in [-0.2, -0.15) is 0 Å². The number of carbonyl (C=O) groups excluding carboxylic acids is 2. The molecule has 100 valence electrons. The van der Waals surface area contributed by atoms with Crippen molar-refractivity contribution < 1.29 is 28.5 Å². The van der Waals surface area contributed by atoms with Gasteiger partial charge in [-0.25, -0.2) is 14.1 Å². The molecule has 0 aliphatic heterocycles. The fourth-order valence-electron chi connectivity index (χ4n) is 1.36. The Labute approximate surface area is 107 Å². The third kappa shape index (κ3) is 2.57. The van der Waals surface area contributed by atoms with Crippen LogP contribution in [0.5, 0.6) is 11.6 Å². The molecule has 0 N–H and O–H groups in total. The topological polar surface area (TPSA) is 88.4 Å². The minimum atomic E-state index is -0.974. The van der Waals surface area contributed by atoms with Crippen molar-refractivity contribution in [1.29, 1.82) is 0 Å². The van der Waals surface area contributed by atoms with E-state index in [1.807, 2.05) is 0 Å². The Morgan fingerprint density at radius 1 is 1.11 bits per heavy atom. The first kappa shape index (κ1) is 12.7. The first-order valence-electron chi connectivity index (χ1n) is 5.14. The van der Waals surface area contributed by atoms with Gasteiger partial charge in [0, 0.05) is 6.20 Å². The molecule has 0 bridgehead atoms. The summed E-state index contributed by atoms with van der Waals surface area (Å²) >= 11 is 0. The van der Waals surface area contributed by atoms with Crippen LogP contribution in [0.3, 0.4) is 0 Å². The van der Waals surface area contributed by atoms with Crippen molar-refractivity contribution in [2.45, 2.75) is 0 Å². The Morgan fingerprint density at radius 3 is 2.47 bits per heavy atom. The largest absolute Gasteiger partial charge is 0.515 e. The second kappa shape index (κ2) is 5.25. The van der Waals surface area contributed by atoms with Crippen molar-refractivity contribution in [1.82, 2.24) is 9.61 Å². The number of hydrogen-bond acceptors (Lipinski definition) is 7. The molecular weight excluding hydrogens is 256 g/mol. The lowest BCUT2D eigenvalue weighted by atomic mass is 10.4. The van der Waals surface area contributed by atoms with Gasteiger partial charge in [0.05, 0.1) is 14.2 Å². The molecule has 0 radical (unpaired) electrons. The number of nitrogens with zero attached hydrogens (tertiary/aromatic N) is 2. The third-order valence-electron chi connectivity index (χ3n) is 2.16. The van der Waals surface area contributed by atoms with Gasteiger partial charge in [0.1, 0.15) is 5.52 Å². The fourth-order valence-corrected chi connectivity index (χ4v) is 1.36. The predicted molar refractivity (Wildman–Crippen MR) is 61.3 cm³/mol. The van der Waals surface area contributed by atoms with E-state index in [-0.39, 0.29) is 11.6 Å². The molecule has 0 saturated carbocycles. The number of methoxy groups -OCH3 is 2. The monoisotopic (exact) mass is 266 g/mol. The molecule has 0 aliphatic rings. The molecule has 0 aliphatic carbocycles. The number of aromatic nitrogens is 2. The molecule has 0 spiro atoms. The van der Waals surface area contributed by atoms with Gasteiger partial charge in [0.2, 0.25) is 5.75 Å². The van der Waals surface area contributed by atoms with Crippen LogP contribution in [0.25, 0.3) is 5.52 Å². The van der Waals surface area contributed by atoms with E-state index in [0.717, 1.165) is 14.2 Å². The number of ether oxygens (including phenoxy) is 4. The number of pyridine rings is 1. The molecule has 2 aromatic heterocycles. The van der Waals surface area contributed by atoms with Crippen LogP contribution in [0.15, 0.2) is 24.4 Å². The van der Waals surface area contributed by atoms with E-state index < -0.39 is 12.3 Å². The number of hydrogen-bond donors (Lipinski definition) is 0. The highest BCUT2D eigenvalue weighted by molar-refractivity contribution is 5.75. The number of fused-ring (bicyclic) bond motifs is 1. The molecule has 2 aromatic rings. The second-order valence-corrected chi connectivity index (χ2v) is 3.28. The van der Waals surface area contributed by atoms with Crippen LogP contribution in [0, 0.1) is 0 Å². The molecule has 0 amide bonds. The summed E-state index contributed by atoms with van der Waals surface area (Å²) in [6.45, 7) is 0. The molecule has 2 heterocycles. The van der Waals surface area contributed by atoms with E-state index in [1.165, 1.54) is 4.52 Å². The summed E-state index contributed by atoms with van der Waals surface area (Å²) in [5.74, 6) is -0.221. The maximum absolute atomic E-state index is 11.2. The molecule has 2 rings (SSSR count). The van der Waals surface area contributed by atoms with Crippen LogP contribution in [0.1, 0.15) is 0 Å². The first-order chi connectivity index (χ1) is 9.15. The van der Waals surface area contributed by atoms with Crippen molar-refractivity contribution in [3.63, 3.8) is 0 Å². The minimum absolute atomic E-state index is 0.0298. The first-order valence-corrected chi connectivity index (χ1v) is 5.14. The van der Waals surface area contributed by atoms with Crippen LogP contribution >= 0.6 is 0 Å². The normalized spacial score (nSPS) is 10.0. The van der Waals surface area contributed by atoms with Crippen molar-refractivity contribution in [3.05, 3.63) is 24.4 Å². The highest BCUT2D eigenvalue weighted by atomic mass is 16.7. The molecule has 0 aromatic carbocycles. The Bertz CT molecular complexity index is 621. The Balaban J connectivity index is 2.45. The van der Waals surface area contributed by atoms with Gasteiger partial charge in [-0.3, -0.25) is 0 Å². The Hall–Kier alpha value is -2.77. The number of carbonyl (C=O) groups is 2. The summed E-state index contributed by atoms with van der Waals surface area (Å²) in [7, 11) is 2.31. The van der Waals surface area contributed by atoms with Gasteiger partial charge < -0.3 is 18.9 Å². The van der Waals surface area contributed by atoms with E-state index in [9.17, 15) is 9.59 Å². The van der Waals surface area contributed by atoms with Crippen LogP contribution < -0.4 is 9.47 Å². The van der Waals surface area contributed by atoms with E-state index in [4.69, 9.17) is 9.47 Å². The van der Waals surface area contributed by atoms with E-state index in [1.54, 1.807) is 24.4 Å². The molecule has 0 saturated heterocycles. The summed E-state index contributed by atoms with van der Waals surface area (Å²) in [6.07, 6.45) is -0.324. The molecule has 0 atom stereocenters. The van der Waals surface area contributed by atoms with Crippen molar-refractivity contribution >= 4 is 17.8 Å².